The first-order chi connectivity index (χ1) is 13.5. The first kappa shape index (κ1) is 19.8. The minimum Gasteiger partial charge on any atom is -0.336 e. The molecule has 0 spiro atoms. The van der Waals surface area contributed by atoms with E-state index in [9.17, 15) is 4.79 Å². The molecule has 7 heteroatoms. The molecule has 1 amide bonds. The predicted octanol–water partition coefficient (Wildman–Crippen LogP) is 2.30. The summed E-state index contributed by atoms with van der Waals surface area (Å²) in [5.74, 6) is 1.46. The lowest BCUT2D eigenvalue weighted by molar-refractivity contribution is 0.0698. The van der Waals surface area contributed by atoms with Gasteiger partial charge in [-0.25, -0.2) is 4.68 Å². The number of amides is 1. The molecule has 2 aliphatic carbocycles. The van der Waals surface area contributed by atoms with Crippen molar-refractivity contribution in [2.45, 2.75) is 76.9 Å². The molecule has 2 heterocycles. The number of carbonyl (C=O) groups excluding carboxylic acids is 1. The zero-order valence-corrected chi connectivity index (χ0v) is 17.5. The second-order valence-electron chi connectivity index (χ2n) is 9.51. The molecule has 2 N–H and O–H groups in total. The van der Waals surface area contributed by atoms with E-state index in [1.54, 1.807) is 0 Å². The van der Waals surface area contributed by atoms with Crippen LogP contribution < -0.4 is 5.73 Å². The van der Waals surface area contributed by atoms with Crippen LogP contribution in [0.15, 0.2) is 6.20 Å². The Morgan fingerprint density at radius 1 is 1.18 bits per heavy atom. The van der Waals surface area contributed by atoms with Crippen LogP contribution in [0.1, 0.15) is 75.3 Å². The van der Waals surface area contributed by atoms with Crippen LogP contribution in [0.2, 0.25) is 0 Å². The molecule has 0 unspecified atom stereocenters. The van der Waals surface area contributed by atoms with Crippen molar-refractivity contribution in [3.63, 3.8) is 0 Å². The van der Waals surface area contributed by atoms with Crippen LogP contribution in [0.3, 0.4) is 0 Å². The van der Waals surface area contributed by atoms with E-state index in [0.29, 0.717) is 29.7 Å². The SMILES string of the molecule is CC(C)[C@H]1CN(C(=O)c2cn(C3CCC(N)CC3)nn2)CCCN1CC1CC1. The zero-order valence-electron chi connectivity index (χ0n) is 17.5. The molecule has 7 nitrogen and oxygen atoms in total. The van der Waals surface area contributed by atoms with Gasteiger partial charge in [0.05, 0.1) is 12.2 Å². The van der Waals surface area contributed by atoms with Crippen LogP contribution in [0, 0.1) is 11.8 Å². The topological polar surface area (TPSA) is 80.3 Å². The number of hydrogen-bond acceptors (Lipinski definition) is 5. The largest absolute Gasteiger partial charge is 0.336 e. The fourth-order valence-corrected chi connectivity index (χ4v) is 4.82. The Balaban J connectivity index is 1.42. The van der Waals surface area contributed by atoms with Crippen LogP contribution >= 0.6 is 0 Å². The molecular formula is C21H36N6O. The van der Waals surface area contributed by atoms with Gasteiger partial charge in [-0.3, -0.25) is 9.69 Å². The van der Waals surface area contributed by atoms with Gasteiger partial charge < -0.3 is 10.6 Å². The Morgan fingerprint density at radius 2 is 1.93 bits per heavy atom. The zero-order chi connectivity index (χ0) is 19.7. The summed E-state index contributed by atoms with van der Waals surface area (Å²) in [6.45, 7) is 8.47. The van der Waals surface area contributed by atoms with E-state index in [2.05, 4.69) is 29.1 Å². The summed E-state index contributed by atoms with van der Waals surface area (Å²) in [5.41, 5.74) is 6.51. The number of aromatic nitrogens is 3. The second kappa shape index (κ2) is 8.49. The van der Waals surface area contributed by atoms with Crippen LogP contribution in [0.5, 0.6) is 0 Å². The van der Waals surface area contributed by atoms with Gasteiger partial charge in [-0.15, -0.1) is 5.10 Å². The first-order valence-electron chi connectivity index (χ1n) is 11.2. The van der Waals surface area contributed by atoms with Gasteiger partial charge in [0, 0.05) is 38.3 Å². The summed E-state index contributed by atoms with van der Waals surface area (Å²) in [6, 6.07) is 1.07. The molecule has 4 rings (SSSR count). The lowest BCUT2D eigenvalue weighted by Crippen LogP contribution is -2.46. The maximum Gasteiger partial charge on any atom is 0.276 e. The van der Waals surface area contributed by atoms with Crippen LogP contribution in [-0.4, -0.2) is 69.0 Å². The number of hydrogen-bond donors (Lipinski definition) is 1. The van der Waals surface area contributed by atoms with E-state index < -0.39 is 0 Å². The van der Waals surface area contributed by atoms with Crippen molar-refractivity contribution in [1.82, 2.24) is 24.8 Å². The van der Waals surface area contributed by atoms with Crippen LogP contribution in [0.4, 0.5) is 0 Å². The molecule has 1 aromatic heterocycles. The third-order valence-electron chi connectivity index (χ3n) is 6.84. The highest BCUT2D eigenvalue weighted by molar-refractivity contribution is 5.92. The standard InChI is InChI=1S/C21H36N6O/c1-15(2)20-14-26(11-3-10-25(20)12-16-4-5-16)21(28)19-13-27(24-23-19)18-8-6-17(22)7-9-18/h13,15-18,20H,3-12,14,22H2,1-2H3/t17?,18?,20-/m1/s1. The lowest BCUT2D eigenvalue weighted by Gasteiger charge is -2.34. The third-order valence-corrected chi connectivity index (χ3v) is 6.84. The lowest BCUT2D eigenvalue weighted by atomic mass is 9.92. The molecule has 3 aliphatic rings. The van der Waals surface area contributed by atoms with Gasteiger partial charge in [-0.2, -0.15) is 0 Å². The van der Waals surface area contributed by atoms with E-state index in [-0.39, 0.29) is 5.91 Å². The van der Waals surface area contributed by atoms with Gasteiger partial charge in [0.2, 0.25) is 0 Å². The van der Waals surface area contributed by atoms with Gasteiger partial charge in [0.1, 0.15) is 0 Å². The molecule has 1 saturated heterocycles. The quantitative estimate of drug-likeness (QED) is 0.837. The fourth-order valence-electron chi connectivity index (χ4n) is 4.82. The average Bonchev–Trinajstić information content (AvgIpc) is 3.41. The van der Waals surface area contributed by atoms with Crippen LogP contribution in [0.25, 0.3) is 0 Å². The maximum absolute atomic E-state index is 13.2. The van der Waals surface area contributed by atoms with Crippen LogP contribution in [-0.2, 0) is 0 Å². The van der Waals surface area contributed by atoms with Crippen molar-refractivity contribution in [2.75, 3.05) is 26.2 Å². The maximum atomic E-state index is 13.2. The van der Waals surface area contributed by atoms with E-state index in [1.165, 1.54) is 19.4 Å². The smallest absolute Gasteiger partial charge is 0.276 e. The Kier molecular flexibility index (Phi) is 6.01. The molecular weight excluding hydrogens is 352 g/mol. The number of carbonyl (C=O) groups is 1. The molecule has 1 aliphatic heterocycles. The summed E-state index contributed by atoms with van der Waals surface area (Å²) < 4.78 is 1.90. The van der Waals surface area contributed by atoms with E-state index >= 15 is 0 Å². The Bertz CT molecular complexity index is 662. The minimum absolute atomic E-state index is 0.0395. The molecule has 3 fully saturated rings. The highest BCUT2D eigenvalue weighted by Gasteiger charge is 2.34. The molecule has 2 saturated carbocycles. The van der Waals surface area contributed by atoms with Gasteiger partial charge in [0.25, 0.3) is 5.91 Å². The molecule has 156 valence electrons. The number of rotatable bonds is 5. The second-order valence-corrected chi connectivity index (χ2v) is 9.51. The van der Waals surface area contributed by atoms with Crippen molar-refractivity contribution < 1.29 is 4.79 Å². The molecule has 0 bridgehead atoms. The summed E-state index contributed by atoms with van der Waals surface area (Å²) in [6.07, 6.45) is 9.73. The summed E-state index contributed by atoms with van der Waals surface area (Å²) in [5, 5.41) is 8.53. The van der Waals surface area contributed by atoms with Crippen molar-refractivity contribution in [3.05, 3.63) is 11.9 Å². The summed E-state index contributed by atoms with van der Waals surface area (Å²) in [4.78, 5) is 17.8. The van der Waals surface area contributed by atoms with Crippen molar-refractivity contribution >= 4 is 5.91 Å². The molecule has 0 aromatic carbocycles. The third kappa shape index (κ3) is 4.57. The van der Waals surface area contributed by atoms with E-state index in [1.807, 2.05) is 15.8 Å². The molecule has 28 heavy (non-hydrogen) atoms. The van der Waals surface area contributed by atoms with Gasteiger partial charge in [0.15, 0.2) is 5.69 Å². The average molecular weight is 389 g/mol. The first-order valence-corrected chi connectivity index (χ1v) is 11.2. The van der Waals surface area contributed by atoms with Gasteiger partial charge in [-0.1, -0.05) is 19.1 Å². The number of nitrogens with zero attached hydrogens (tertiary/aromatic N) is 5. The van der Waals surface area contributed by atoms with Gasteiger partial charge >= 0.3 is 0 Å². The van der Waals surface area contributed by atoms with Crippen molar-refractivity contribution in [1.29, 1.82) is 0 Å². The molecule has 0 radical (unpaired) electrons. The van der Waals surface area contributed by atoms with Crippen molar-refractivity contribution in [2.24, 2.45) is 17.6 Å². The van der Waals surface area contributed by atoms with Gasteiger partial charge in [-0.05, 0) is 56.8 Å². The van der Waals surface area contributed by atoms with E-state index in [4.69, 9.17) is 5.73 Å². The Hall–Kier alpha value is -1.47. The van der Waals surface area contributed by atoms with E-state index in [0.717, 1.165) is 57.7 Å². The minimum atomic E-state index is 0.0395. The summed E-state index contributed by atoms with van der Waals surface area (Å²) >= 11 is 0. The number of nitrogens with two attached hydrogens (primary N) is 1. The summed E-state index contributed by atoms with van der Waals surface area (Å²) in [7, 11) is 0. The van der Waals surface area contributed by atoms with Crippen molar-refractivity contribution in [3.8, 4) is 0 Å². The molecule has 1 aromatic rings. The predicted molar refractivity (Wildman–Crippen MR) is 109 cm³/mol. The Labute approximate surface area is 168 Å². The normalized spacial score (nSPS) is 29.9. The highest BCUT2D eigenvalue weighted by Crippen LogP contribution is 2.32. The highest BCUT2D eigenvalue weighted by atomic mass is 16.2. The fraction of sp³-hybridized carbons (Fsp3) is 0.857. The Morgan fingerprint density at radius 3 is 2.61 bits per heavy atom. The monoisotopic (exact) mass is 388 g/mol. The molecule has 1 atom stereocenters.